The summed E-state index contributed by atoms with van der Waals surface area (Å²) in [6.07, 6.45) is 3.69. The van der Waals surface area contributed by atoms with E-state index in [1.807, 2.05) is 24.3 Å². The van der Waals surface area contributed by atoms with Crippen LogP contribution in [0.4, 0.5) is 5.69 Å². The number of nitrogens with two attached hydrogens (primary N) is 2. The van der Waals surface area contributed by atoms with Gasteiger partial charge < -0.3 is 9.75 Å². The van der Waals surface area contributed by atoms with Crippen LogP contribution in [0.1, 0.15) is 5.56 Å². The third-order valence-electron chi connectivity index (χ3n) is 2.34. The lowest BCUT2D eigenvalue weighted by Gasteiger charge is -2.16. The van der Waals surface area contributed by atoms with Crippen molar-refractivity contribution in [2.45, 2.75) is 6.61 Å². The van der Waals surface area contributed by atoms with E-state index in [0.717, 1.165) is 11.3 Å². The molecule has 0 unspecified atom stereocenters. The molecule has 1 heterocycles. The first-order chi connectivity index (χ1) is 10.2. The topological polar surface area (TPSA) is 119 Å². The van der Waals surface area contributed by atoms with Crippen molar-refractivity contribution in [2.75, 3.05) is 12.1 Å². The summed E-state index contributed by atoms with van der Waals surface area (Å²) >= 11 is 0. The van der Waals surface area contributed by atoms with Gasteiger partial charge in [0.05, 0.1) is 5.69 Å². The molecule has 0 saturated carbocycles. The number of amides is 1. The highest BCUT2D eigenvalue weighted by molar-refractivity contribution is 5.51. The smallest absolute Gasteiger partial charge is 0.316 e. The SMILES string of the molecule is CN(N)c1ccccc1COc1ncccn1.NNC=O. The van der Waals surface area contributed by atoms with Crippen molar-refractivity contribution in [1.29, 1.82) is 0 Å². The Morgan fingerprint density at radius 3 is 2.48 bits per heavy atom. The molecule has 0 aliphatic heterocycles. The Kier molecular flexibility index (Phi) is 7.19. The average Bonchev–Trinajstić information content (AvgIpc) is 2.54. The number of carbonyl (C=O) groups excluding carboxylic acids is 1. The van der Waals surface area contributed by atoms with Crippen molar-refractivity contribution < 1.29 is 9.53 Å². The van der Waals surface area contributed by atoms with E-state index in [2.05, 4.69) is 15.8 Å². The monoisotopic (exact) mass is 290 g/mol. The lowest BCUT2D eigenvalue weighted by molar-refractivity contribution is -0.109. The number of nitrogens with zero attached hydrogens (tertiary/aromatic N) is 3. The van der Waals surface area contributed by atoms with E-state index in [0.29, 0.717) is 19.0 Å². The summed E-state index contributed by atoms with van der Waals surface area (Å²) in [6, 6.07) is 9.88. The van der Waals surface area contributed by atoms with Crippen LogP contribution in [0, 0.1) is 0 Å². The molecule has 8 heteroatoms. The van der Waals surface area contributed by atoms with Crippen molar-refractivity contribution in [3.63, 3.8) is 0 Å². The van der Waals surface area contributed by atoms with Crippen molar-refractivity contribution in [1.82, 2.24) is 15.4 Å². The van der Waals surface area contributed by atoms with Crippen LogP contribution in [0.25, 0.3) is 0 Å². The van der Waals surface area contributed by atoms with Crippen LogP contribution >= 0.6 is 0 Å². The second-order valence-corrected chi connectivity index (χ2v) is 3.84. The highest BCUT2D eigenvalue weighted by Gasteiger charge is 2.05. The van der Waals surface area contributed by atoms with Crippen LogP contribution in [-0.2, 0) is 11.4 Å². The van der Waals surface area contributed by atoms with E-state index < -0.39 is 0 Å². The molecule has 0 radical (unpaired) electrons. The fraction of sp³-hybridized carbons (Fsp3) is 0.154. The minimum absolute atomic E-state index is 0.363. The van der Waals surface area contributed by atoms with E-state index in [1.54, 1.807) is 35.9 Å². The van der Waals surface area contributed by atoms with Crippen LogP contribution in [-0.4, -0.2) is 23.4 Å². The number of hydrogen-bond donors (Lipinski definition) is 3. The highest BCUT2D eigenvalue weighted by Crippen LogP contribution is 2.18. The Morgan fingerprint density at radius 1 is 1.29 bits per heavy atom. The summed E-state index contributed by atoms with van der Waals surface area (Å²) < 4.78 is 5.48. The summed E-state index contributed by atoms with van der Waals surface area (Å²) in [5, 5.41) is 1.56. The van der Waals surface area contributed by atoms with Crippen LogP contribution in [0.2, 0.25) is 0 Å². The number of nitrogens with one attached hydrogen (secondary N) is 1. The molecule has 1 amide bonds. The number of aromatic nitrogens is 2. The van der Waals surface area contributed by atoms with Gasteiger partial charge >= 0.3 is 6.01 Å². The summed E-state index contributed by atoms with van der Waals surface area (Å²) in [6.45, 7) is 0.391. The van der Waals surface area contributed by atoms with Gasteiger partial charge in [-0.15, -0.1) is 0 Å². The molecule has 5 N–H and O–H groups in total. The van der Waals surface area contributed by atoms with E-state index in [9.17, 15) is 0 Å². The van der Waals surface area contributed by atoms with Gasteiger partial charge in [0.2, 0.25) is 6.41 Å². The molecule has 0 atom stereocenters. The quantitative estimate of drug-likeness (QED) is 0.306. The Morgan fingerprint density at radius 2 is 1.90 bits per heavy atom. The summed E-state index contributed by atoms with van der Waals surface area (Å²) in [5.41, 5.74) is 3.66. The molecule has 1 aromatic carbocycles. The molecule has 21 heavy (non-hydrogen) atoms. The molecule has 8 nitrogen and oxygen atoms in total. The lowest BCUT2D eigenvalue weighted by atomic mass is 10.2. The maximum Gasteiger partial charge on any atom is 0.316 e. The zero-order chi connectivity index (χ0) is 15.5. The van der Waals surface area contributed by atoms with Crippen molar-refractivity contribution in [3.8, 4) is 6.01 Å². The first-order valence-corrected chi connectivity index (χ1v) is 6.05. The Balaban J connectivity index is 0.000000491. The zero-order valence-corrected chi connectivity index (χ0v) is 11.6. The highest BCUT2D eigenvalue weighted by atomic mass is 16.5. The molecule has 0 saturated heterocycles. The van der Waals surface area contributed by atoms with E-state index in [-0.39, 0.29) is 0 Å². The van der Waals surface area contributed by atoms with Gasteiger partial charge in [-0.05, 0) is 12.1 Å². The molecule has 0 fully saturated rings. The molecule has 0 aliphatic rings. The van der Waals surface area contributed by atoms with Crippen LogP contribution in [0.5, 0.6) is 6.01 Å². The number of benzene rings is 1. The van der Waals surface area contributed by atoms with E-state index in [4.69, 9.17) is 15.4 Å². The minimum atomic E-state index is 0.363. The largest absolute Gasteiger partial charge is 0.459 e. The number of carbonyl (C=O) groups is 1. The Labute approximate surface area is 122 Å². The van der Waals surface area contributed by atoms with Crippen LogP contribution in [0.15, 0.2) is 42.7 Å². The number of ether oxygens (including phenoxy) is 1. The number of hydrogen-bond acceptors (Lipinski definition) is 7. The van der Waals surface area contributed by atoms with Gasteiger partial charge in [0, 0.05) is 25.0 Å². The molecule has 0 aliphatic carbocycles. The van der Waals surface area contributed by atoms with Gasteiger partial charge in [-0.1, -0.05) is 18.2 Å². The first kappa shape index (κ1) is 16.3. The number of hydrazine groups is 2. The van der Waals surface area contributed by atoms with Gasteiger partial charge in [-0.2, -0.15) is 0 Å². The molecule has 2 aromatic rings. The molecule has 0 bridgehead atoms. The zero-order valence-electron chi connectivity index (χ0n) is 11.6. The third kappa shape index (κ3) is 5.85. The summed E-state index contributed by atoms with van der Waals surface area (Å²) in [7, 11) is 1.79. The minimum Gasteiger partial charge on any atom is -0.459 e. The fourth-order valence-corrected chi connectivity index (χ4v) is 1.48. The van der Waals surface area contributed by atoms with Gasteiger partial charge in [0.25, 0.3) is 0 Å². The number of para-hydroxylation sites is 1. The molecule has 2 rings (SSSR count). The van der Waals surface area contributed by atoms with Gasteiger partial charge in [0.1, 0.15) is 6.61 Å². The lowest BCUT2D eigenvalue weighted by Crippen LogP contribution is -2.26. The van der Waals surface area contributed by atoms with Crippen molar-refractivity contribution in [3.05, 3.63) is 48.3 Å². The van der Waals surface area contributed by atoms with Crippen LogP contribution in [0.3, 0.4) is 0 Å². The van der Waals surface area contributed by atoms with Crippen LogP contribution < -0.4 is 26.9 Å². The second kappa shape index (κ2) is 9.23. The van der Waals surface area contributed by atoms with E-state index in [1.165, 1.54) is 0 Å². The normalized spacial score (nSPS) is 9.10. The predicted molar refractivity (Wildman–Crippen MR) is 78.8 cm³/mol. The molecular weight excluding hydrogens is 272 g/mol. The van der Waals surface area contributed by atoms with Crippen molar-refractivity contribution >= 4 is 12.1 Å². The Hall–Kier alpha value is -2.71. The maximum absolute atomic E-state index is 8.94. The molecule has 112 valence electrons. The fourth-order valence-electron chi connectivity index (χ4n) is 1.48. The summed E-state index contributed by atoms with van der Waals surface area (Å²) in [4.78, 5) is 16.9. The van der Waals surface area contributed by atoms with Gasteiger partial charge in [0.15, 0.2) is 0 Å². The maximum atomic E-state index is 8.94. The van der Waals surface area contributed by atoms with Gasteiger partial charge in [-0.25, -0.2) is 21.7 Å². The number of rotatable bonds is 5. The summed E-state index contributed by atoms with van der Waals surface area (Å²) in [5.74, 6) is 10.1. The number of anilines is 1. The molecule has 0 spiro atoms. The second-order valence-electron chi connectivity index (χ2n) is 3.84. The predicted octanol–water partition coefficient (Wildman–Crippen LogP) is -0.0284. The molecule has 1 aromatic heterocycles. The third-order valence-corrected chi connectivity index (χ3v) is 2.34. The standard InChI is InChI=1S/C12H14N4O.CH4N2O/c1-16(13)11-6-3-2-5-10(11)9-17-12-14-7-4-8-15-12;2-3-1-4/h2-8H,9,13H2,1H3;1H,2H2,(H,3,4). The van der Waals surface area contributed by atoms with Gasteiger partial charge in [-0.3, -0.25) is 10.2 Å². The average molecular weight is 290 g/mol. The van der Waals surface area contributed by atoms with Crippen molar-refractivity contribution in [2.24, 2.45) is 11.7 Å². The molecular formula is C13H18N6O2. The van der Waals surface area contributed by atoms with E-state index >= 15 is 0 Å². The first-order valence-electron chi connectivity index (χ1n) is 6.05. The Bertz CT molecular complexity index is 535.